The minimum Gasteiger partial charge on any atom is -0.478 e. The fourth-order valence-corrected chi connectivity index (χ4v) is 3.10. The smallest absolute Gasteiger partial charge is 0.335 e. The van der Waals surface area contributed by atoms with Gasteiger partial charge in [-0.25, -0.2) is 4.79 Å². The maximum absolute atomic E-state index is 12.5. The number of aromatic carboxylic acids is 1. The first-order chi connectivity index (χ1) is 11.4. The van der Waals surface area contributed by atoms with E-state index in [2.05, 4.69) is 0 Å². The van der Waals surface area contributed by atoms with E-state index in [9.17, 15) is 14.7 Å². The Bertz CT molecular complexity index is 835. The Hall–Kier alpha value is -2.75. The molecule has 24 heavy (non-hydrogen) atoms. The first kappa shape index (κ1) is 16.1. The highest BCUT2D eigenvalue weighted by atomic mass is 16.4. The summed E-state index contributed by atoms with van der Waals surface area (Å²) >= 11 is 0. The van der Waals surface area contributed by atoms with Gasteiger partial charge in [-0.05, 0) is 43.5 Å². The van der Waals surface area contributed by atoms with Gasteiger partial charge in [0.05, 0.1) is 23.2 Å². The van der Waals surface area contributed by atoms with Crippen LogP contribution < -0.4 is 0 Å². The molecule has 0 atom stereocenters. The molecule has 1 heterocycles. The third-order valence-electron chi connectivity index (χ3n) is 4.15. The number of ketones is 1. The highest BCUT2D eigenvalue weighted by molar-refractivity contribution is 6.17. The molecule has 0 amide bonds. The third kappa shape index (κ3) is 3.27. The van der Waals surface area contributed by atoms with Crippen molar-refractivity contribution < 1.29 is 14.7 Å². The zero-order valence-electron chi connectivity index (χ0n) is 13.7. The van der Waals surface area contributed by atoms with Crippen molar-refractivity contribution in [1.29, 1.82) is 0 Å². The summed E-state index contributed by atoms with van der Waals surface area (Å²) in [6, 6.07) is 14.2. The minimum absolute atomic E-state index is 0.0142. The number of carbonyl (C=O) groups excluding carboxylic acids is 1. The maximum Gasteiger partial charge on any atom is 0.335 e. The standard InChI is InChI=1S/C20H19NO3/c1-20(2)12-15-10-14(19(23)24)8-9-16(15)17(21-20)11-18(22)13-6-4-3-5-7-13/h3-10H,11-12H2,1-2H3,(H,23,24). The molecule has 2 aromatic rings. The van der Waals surface area contributed by atoms with Gasteiger partial charge in [0.15, 0.2) is 5.78 Å². The van der Waals surface area contributed by atoms with E-state index >= 15 is 0 Å². The Balaban J connectivity index is 1.97. The van der Waals surface area contributed by atoms with Gasteiger partial charge in [0, 0.05) is 5.56 Å². The Kier molecular flexibility index (Phi) is 4.06. The molecular formula is C20H19NO3. The van der Waals surface area contributed by atoms with Crippen molar-refractivity contribution in [1.82, 2.24) is 0 Å². The van der Waals surface area contributed by atoms with Gasteiger partial charge in [-0.3, -0.25) is 9.79 Å². The molecule has 0 unspecified atom stereocenters. The molecule has 0 radical (unpaired) electrons. The number of aliphatic imine (C=N–C) groups is 1. The van der Waals surface area contributed by atoms with Crippen LogP contribution in [0.4, 0.5) is 0 Å². The van der Waals surface area contributed by atoms with Gasteiger partial charge in [0.25, 0.3) is 0 Å². The van der Waals surface area contributed by atoms with E-state index in [-0.39, 0.29) is 23.3 Å². The van der Waals surface area contributed by atoms with Crippen molar-refractivity contribution in [3.05, 3.63) is 70.8 Å². The number of nitrogens with zero attached hydrogens (tertiary/aromatic N) is 1. The highest BCUT2D eigenvalue weighted by Gasteiger charge is 2.28. The monoisotopic (exact) mass is 321 g/mol. The Morgan fingerprint density at radius 2 is 1.79 bits per heavy atom. The van der Waals surface area contributed by atoms with E-state index in [1.54, 1.807) is 30.3 Å². The lowest BCUT2D eigenvalue weighted by Gasteiger charge is -2.29. The predicted octanol–water partition coefficient (Wildman–Crippen LogP) is 3.78. The van der Waals surface area contributed by atoms with Crippen LogP contribution in [0.1, 0.15) is 52.1 Å². The molecule has 0 bridgehead atoms. The SMILES string of the molecule is CC1(C)Cc2cc(C(=O)O)ccc2C(CC(=O)c2ccccc2)=N1. The molecule has 0 aromatic heterocycles. The van der Waals surface area contributed by atoms with Gasteiger partial charge in [-0.15, -0.1) is 0 Å². The lowest BCUT2D eigenvalue weighted by molar-refractivity contribution is 0.0696. The molecule has 0 spiro atoms. The van der Waals surface area contributed by atoms with Gasteiger partial charge in [-0.2, -0.15) is 0 Å². The molecule has 0 saturated heterocycles. The summed E-state index contributed by atoms with van der Waals surface area (Å²) in [7, 11) is 0. The topological polar surface area (TPSA) is 66.7 Å². The molecule has 4 heteroatoms. The number of hydrogen-bond donors (Lipinski definition) is 1. The average molecular weight is 321 g/mol. The van der Waals surface area contributed by atoms with Gasteiger partial charge in [0.1, 0.15) is 0 Å². The summed E-state index contributed by atoms with van der Waals surface area (Å²) in [4.78, 5) is 28.5. The number of fused-ring (bicyclic) bond motifs is 1. The summed E-state index contributed by atoms with van der Waals surface area (Å²) in [6.45, 7) is 3.99. The van der Waals surface area contributed by atoms with E-state index in [1.165, 1.54) is 0 Å². The van der Waals surface area contributed by atoms with Crippen LogP contribution in [0, 0.1) is 0 Å². The molecule has 1 aliphatic heterocycles. The molecular weight excluding hydrogens is 302 g/mol. The summed E-state index contributed by atoms with van der Waals surface area (Å²) < 4.78 is 0. The second-order valence-electron chi connectivity index (χ2n) is 6.69. The fourth-order valence-electron chi connectivity index (χ4n) is 3.10. The first-order valence-electron chi connectivity index (χ1n) is 7.89. The molecule has 3 rings (SSSR count). The highest BCUT2D eigenvalue weighted by Crippen LogP contribution is 2.29. The normalized spacial score (nSPS) is 15.3. The van der Waals surface area contributed by atoms with Gasteiger partial charge in [0.2, 0.25) is 0 Å². The Morgan fingerprint density at radius 1 is 1.08 bits per heavy atom. The van der Waals surface area contributed by atoms with Crippen molar-refractivity contribution in [2.75, 3.05) is 0 Å². The van der Waals surface area contributed by atoms with Crippen LogP contribution in [0.25, 0.3) is 0 Å². The Labute approximate surface area is 140 Å². The quantitative estimate of drug-likeness (QED) is 0.871. The van der Waals surface area contributed by atoms with Gasteiger partial charge >= 0.3 is 5.97 Å². The molecule has 0 saturated carbocycles. The summed E-state index contributed by atoms with van der Waals surface area (Å²) in [5.41, 5.74) is 3.12. The van der Waals surface area contributed by atoms with Crippen LogP contribution in [0.3, 0.4) is 0 Å². The lowest BCUT2D eigenvalue weighted by atomic mass is 9.84. The van der Waals surface area contributed by atoms with Crippen molar-refractivity contribution in [3.8, 4) is 0 Å². The minimum atomic E-state index is -0.944. The predicted molar refractivity (Wildman–Crippen MR) is 93.1 cm³/mol. The van der Waals surface area contributed by atoms with E-state index in [0.717, 1.165) is 16.8 Å². The molecule has 2 aromatic carbocycles. The molecule has 0 fully saturated rings. The van der Waals surface area contributed by atoms with Crippen LogP contribution in [0.15, 0.2) is 53.5 Å². The van der Waals surface area contributed by atoms with Crippen molar-refractivity contribution in [2.24, 2.45) is 4.99 Å². The average Bonchev–Trinajstić information content (AvgIpc) is 2.54. The van der Waals surface area contributed by atoms with Crippen LogP contribution in [0.2, 0.25) is 0 Å². The summed E-state index contributed by atoms with van der Waals surface area (Å²) in [5.74, 6) is -0.930. The largest absolute Gasteiger partial charge is 0.478 e. The number of Topliss-reactive ketones (excluding diaryl/α,β-unsaturated/α-hetero) is 1. The van der Waals surface area contributed by atoms with Crippen molar-refractivity contribution >= 4 is 17.5 Å². The van der Waals surface area contributed by atoms with Crippen molar-refractivity contribution in [3.63, 3.8) is 0 Å². The number of hydrogen-bond acceptors (Lipinski definition) is 3. The van der Waals surface area contributed by atoms with Crippen LogP contribution in [-0.2, 0) is 6.42 Å². The fraction of sp³-hybridized carbons (Fsp3) is 0.250. The molecule has 122 valence electrons. The van der Waals surface area contributed by atoms with E-state index in [0.29, 0.717) is 12.0 Å². The number of carboxylic acids is 1. The molecule has 1 N–H and O–H groups in total. The second-order valence-corrected chi connectivity index (χ2v) is 6.69. The number of rotatable bonds is 4. The summed E-state index contributed by atoms with van der Waals surface area (Å²) in [5, 5.41) is 9.19. The number of carbonyl (C=O) groups is 2. The first-order valence-corrected chi connectivity index (χ1v) is 7.89. The van der Waals surface area contributed by atoms with Crippen LogP contribution in [0.5, 0.6) is 0 Å². The molecule has 0 aliphatic carbocycles. The van der Waals surface area contributed by atoms with Gasteiger partial charge < -0.3 is 5.11 Å². The van der Waals surface area contributed by atoms with E-state index in [4.69, 9.17) is 4.99 Å². The van der Waals surface area contributed by atoms with E-state index < -0.39 is 5.97 Å². The number of carboxylic acid groups (broad SMARTS) is 1. The third-order valence-corrected chi connectivity index (χ3v) is 4.15. The van der Waals surface area contributed by atoms with E-state index in [1.807, 2.05) is 32.0 Å². The summed E-state index contributed by atoms with van der Waals surface area (Å²) in [6.07, 6.45) is 0.874. The van der Waals surface area contributed by atoms with Crippen LogP contribution >= 0.6 is 0 Å². The number of benzene rings is 2. The Morgan fingerprint density at radius 3 is 2.46 bits per heavy atom. The van der Waals surface area contributed by atoms with Gasteiger partial charge in [-0.1, -0.05) is 36.4 Å². The molecule has 4 nitrogen and oxygen atoms in total. The van der Waals surface area contributed by atoms with Crippen LogP contribution in [-0.4, -0.2) is 28.1 Å². The molecule has 1 aliphatic rings. The second kappa shape index (κ2) is 6.04. The van der Waals surface area contributed by atoms with Crippen molar-refractivity contribution in [2.45, 2.75) is 32.2 Å². The zero-order chi connectivity index (χ0) is 17.3. The maximum atomic E-state index is 12.5. The lowest BCUT2D eigenvalue weighted by Crippen LogP contribution is -2.30. The zero-order valence-corrected chi connectivity index (χ0v) is 13.7.